The topological polar surface area (TPSA) is 37.4 Å². The zero-order chi connectivity index (χ0) is 15.7. The van der Waals surface area contributed by atoms with Gasteiger partial charge in [0.1, 0.15) is 0 Å². The minimum atomic E-state index is -5.28. The van der Waals surface area contributed by atoms with Crippen molar-refractivity contribution in [3.63, 3.8) is 0 Å². The van der Waals surface area contributed by atoms with Crippen molar-refractivity contribution in [3.8, 4) is 0 Å². The molecule has 2 rings (SSSR count). The molecule has 118 valence electrons. The number of piperidine rings is 1. The number of hydrogen-bond donors (Lipinski definition) is 0. The third kappa shape index (κ3) is 3.45. The Balaban J connectivity index is 2.20. The number of hydrogen-bond acceptors (Lipinski definition) is 3. The Morgan fingerprint density at radius 2 is 1.86 bits per heavy atom. The maximum Gasteiger partial charge on any atom is 0.501 e. The van der Waals surface area contributed by atoms with Gasteiger partial charge in [0.15, 0.2) is 0 Å². The fourth-order valence-electron chi connectivity index (χ4n) is 2.40. The van der Waals surface area contributed by atoms with Gasteiger partial charge in [0, 0.05) is 24.7 Å². The van der Waals surface area contributed by atoms with Crippen LogP contribution in [0, 0.1) is 5.92 Å². The monoisotopic (exact) mass is 341 g/mol. The number of anilines is 1. The van der Waals surface area contributed by atoms with Gasteiger partial charge in [-0.1, -0.05) is 0 Å². The van der Waals surface area contributed by atoms with E-state index < -0.39 is 20.2 Å². The van der Waals surface area contributed by atoms with Crippen LogP contribution < -0.4 is 4.90 Å². The summed E-state index contributed by atoms with van der Waals surface area (Å²) in [6, 6.07) is 4.83. The first-order valence-electron chi connectivity index (χ1n) is 6.48. The lowest BCUT2D eigenvalue weighted by Crippen LogP contribution is -2.36. The van der Waals surface area contributed by atoms with E-state index in [1.807, 2.05) is 4.90 Å². The second kappa shape index (κ2) is 6.04. The highest BCUT2D eigenvalue weighted by atomic mass is 35.5. The van der Waals surface area contributed by atoms with Gasteiger partial charge in [-0.15, -0.1) is 11.6 Å². The van der Waals surface area contributed by atoms with Crippen molar-refractivity contribution in [2.24, 2.45) is 5.92 Å². The van der Waals surface area contributed by atoms with E-state index in [9.17, 15) is 21.6 Å². The smallest absolute Gasteiger partial charge is 0.371 e. The molecule has 8 heteroatoms. The van der Waals surface area contributed by atoms with Crippen molar-refractivity contribution < 1.29 is 21.6 Å². The summed E-state index contributed by atoms with van der Waals surface area (Å²) in [4.78, 5) is 1.28. The normalized spacial score (nSPS) is 20.6. The van der Waals surface area contributed by atoms with E-state index in [0.29, 0.717) is 17.5 Å². The summed E-state index contributed by atoms with van der Waals surface area (Å²) in [6.45, 7) is 1.52. The summed E-state index contributed by atoms with van der Waals surface area (Å²) in [5.41, 5.74) is -4.56. The molecule has 21 heavy (non-hydrogen) atoms. The second-order valence-electron chi connectivity index (χ2n) is 5.05. The highest BCUT2D eigenvalue weighted by Crippen LogP contribution is 2.32. The predicted molar refractivity (Wildman–Crippen MR) is 75.3 cm³/mol. The van der Waals surface area contributed by atoms with Crippen molar-refractivity contribution >= 4 is 27.1 Å². The Hall–Kier alpha value is -0.950. The molecular weight excluding hydrogens is 327 g/mol. The molecule has 1 aromatic rings. The van der Waals surface area contributed by atoms with Crippen LogP contribution in [0.1, 0.15) is 12.8 Å². The van der Waals surface area contributed by atoms with Gasteiger partial charge in [-0.05, 0) is 43.0 Å². The molecule has 0 aliphatic carbocycles. The number of benzene rings is 1. The van der Waals surface area contributed by atoms with Crippen molar-refractivity contribution in [2.75, 3.05) is 23.9 Å². The Morgan fingerprint density at radius 3 is 2.38 bits per heavy atom. The van der Waals surface area contributed by atoms with Crippen LogP contribution >= 0.6 is 11.6 Å². The maximum absolute atomic E-state index is 12.5. The Kier molecular flexibility index (Phi) is 4.72. The van der Waals surface area contributed by atoms with Gasteiger partial charge in [-0.2, -0.15) is 13.2 Å². The number of nitrogens with zero attached hydrogens (tertiary/aromatic N) is 1. The lowest BCUT2D eigenvalue weighted by Gasteiger charge is -2.33. The molecule has 1 saturated heterocycles. The Labute approximate surface area is 126 Å². The van der Waals surface area contributed by atoms with Gasteiger partial charge < -0.3 is 4.90 Å². The van der Waals surface area contributed by atoms with Gasteiger partial charge in [0.05, 0.1) is 4.90 Å². The molecule has 0 radical (unpaired) electrons. The van der Waals surface area contributed by atoms with Crippen LogP contribution in [-0.2, 0) is 9.84 Å². The quantitative estimate of drug-likeness (QED) is 0.790. The Morgan fingerprint density at radius 1 is 1.24 bits per heavy atom. The highest BCUT2D eigenvalue weighted by Gasteiger charge is 2.46. The molecule has 0 aromatic heterocycles. The molecule has 0 bridgehead atoms. The van der Waals surface area contributed by atoms with E-state index in [4.69, 9.17) is 11.6 Å². The van der Waals surface area contributed by atoms with Crippen LogP contribution in [0.4, 0.5) is 18.9 Å². The first kappa shape index (κ1) is 16.4. The van der Waals surface area contributed by atoms with E-state index in [0.717, 1.165) is 38.1 Å². The van der Waals surface area contributed by atoms with Crippen molar-refractivity contribution in [1.82, 2.24) is 0 Å². The average Bonchev–Trinajstić information content (AvgIpc) is 2.46. The molecule has 1 unspecified atom stereocenters. The van der Waals surface area contributed by atoms with Crippen molar-refractivity contribution in [2.45, 2.75) is 23.2 Å². The molecule has 0 amide bonds. The lowest BCUT2D eigenvalue weighted by molar-refractivity contribution is -0.0436. The largest absolute Gasteiger partial charge is 0.501 e. The highest BCUT2D eigenvalue weighted by molar-refractivity contribution is 7.92. The molecule has 1 aliphatic heterocycles. The van der Waals surface area contributed by atoms with Crippen molar-refractivity contribution in [1.29, 1.82) is 0 Å². The van der Waals surface area contributed by atoms with E-state index >= 15 is 0 Å². The first-order valence-corrected chi connectivity index (χ1v) is 8.50. The summed E-state index contributed by atoms with van der Waals surface area (Å²) >= 11 is 5.84. The third-order valence-corrected chi connectivity index (χ3v) is 5.49. The molecule has 0 saturated carbocycles. The molecule has 1 aliphatic rings. The number of halogens is 4. The molecule has 0 N–H and O–H groups in total. The second-order valence-corrected chi connectivity index (χ2v) is 7.30. The van der Waals surface area contributed by atoms with E-state index in [2.05, 4.69) is 0 Å². The average molecular weight is 342 g/mol. The van der Waals surface area contributed by atoms with Crippen LogP contribution in [0.25, 0.3) is 0 Å². The number of rotatable bonds is 3. The van der Waals surface area contributed by atoms with Crippen LogP contribution in [0.3, 0.4) is 0 Å². The van der Waals surface area contributed by atoms with Gasteiger partial charge in [0.2, 0.25) is 0 Å². The third-order valence-electron chi connectivity index (χ3n) is 3.55. The minimum Gasteiger partial charge on any atom is -0.371 e. The lowest BCUT2D eigenvalue weighted by atomic mass is 9.99. The summed E-state index contributed by atoms with van der Waals surface area (Å²) in [5.74, 6) is 0.885. The molecule has 0 spiro atoms. The molecule has 1 aromatic carbocycles. The van der Waals surface area contributed by atoms with Gasteiger partial charge >= 0.3 is 5.51 Å². The summed E-state index contributed by atoms with van der Waals surface area (Å²) in [7, 11) is -5.28. The zero-order valence-electron chi connectivity index (χ0n) is 11.1. The SMILES string of the molecule is O=S(=O)(c1ccc(N2CCCC(CCl)C2)cc1)C(F)(F)F. The van der Waals surface area contributed by atoms with E-state index in [1.54, 1.807) is 0 Å². The van der Waals surface area contributed by atoms with Gasteiger partial charge in [-0.3, -0.25) is 0 Å². The first-order chi connectivity index (χ1) is 9.75. The minimum absolute atomic E-state index is 0.346. The van der Waals surface area contributed by atoms with Crippen LogP contribution in [0.5, 0.6) is 0 Å². The maximum atomic E-state index is 12.5. The van der Waals surface area contributed by atoms with Crippen LogP contribution in [-0.4, -0.2) is 32.9 Å². The van der Waals surface area contributed by atoms with Gasteiger partial charge in [-0.25, -0.2) is 8.42 Å². The molecule has 1 heterocycles. The van der Waals surface area contributed by atoms with Crippen LogP contribution in [0.15, 0.2) is 29.2 Å². The van der Waals surface area contributed by atoms with Crippen LogP contribution in [0.2, 0.25) is 0 Å². The summed E-state index contributed by atoms with van der Waals surface area (Å²) in [5, 5.41) is 0. The zero-order valence-corrected chi connectivity index (χ0v) is 12.7. The molecule has 1 fully saturated rings. The summed E-state index contributed by atoms with van der Waals surface area (Å²) in [6.07, 6.45) is 1.99. The molecule has 3 nitrogen and oxygen atoms in total. The number of alkyl halides is 4. The fraction of sp³-hybridized carbons (Fsp3) is 0.538. The van der Waals surface area contributed by atoms with Gasteiger partial charge in [0.25, 0.3) is 9.84 Å². The van der Waals surface area contributed by atoms with Crippen molar-refractivity contribution in [3.05, 3.63) is 24.3 Å². The molecule has 1 atom stereocenters. The summed E-state index contributed by atoms with van der Waals surface area (Å²) < 4.78 is 59.9. The number of sulfone groups is 1. The van der Waals surface area contributed by atoms with E-state index in [-0.39, 0.29) is 0 Å². The predicted octanol–water partition coefficient (Wildman–Crippen LogP) is 3.44. The molecular formula is C13H15ClF3NO2S. The Bertz CT molecular complexity index is 586. The fourth-order valence-corrected chi connectivity index (χ4v) is 3.41. The standard InChI is InChI=1S/C13H15ClF3NO2S/c14-8-10-2-1-7-18(9-10)11-3-5-12(6-4-11)21(19,20)13(15,16)17/h3-6,10H,1-2,7-9H2. The van der Waals surface area contributed by atoms with E-state index in [1.165, 1.54) is 12.1 Å².